The van der Waals surface area contributed by atoms with Gasteiger partial charge >= 0.3 is 0 Å². The van der Waals surface area contributed by atoms with E-state index < -0.39 is 0 Å². The molecule has 20 heavy (non-hydrogen) atoms. The molecule has 2 aromatic rings. The van der Waals surface area contributed by atoms with Gasteiger partial charge in [0, 0.05) is 12.2 Å². The maximum atomic E-state index is 14.3. The van der Waals surface area contributed by atoms with Crippen molar-refractivity contribution in [2.45, 2.75) is 40.2 Å². The summed E-state index contributed by atoms with van der Waals surface area (Å²) in [5.74, 6) is -0.221. The normalized spacial score (nSPS) is 11.0. The standard InChI is InChI=1S/C16H22FN3/c1-4-13-10-14(5-2)20(19-13)16-8-7-12(9-15(16)17)11-18-6-3/h7-10,18H,4-6,11H2,1-3H3. The largest absolute Gasteiger partial charge is 0.313 e. The molecule has 0 aliphatic carbocycles. The van der Waals surface area contributed by atoms with E-state index in [4.69, 9.17) is 0 Å². The summed E-state index contributed by atoms with van der Waals surface area (Å²) in [6, 6.07) is 7.40. The van der Waals surface area contributed by atoms with Crippen molar-refractivity contribution in [1.29, 1.82) is 0 Å². The highest BCUT2D eigenvalue weighted by Gasteiger charge is 2.11. The zero-order chi connectivity index (χ0) is 14.5. The van der Waals surface area contributed by atoms with Gasteiger partial charge in [0.15, 0.2) is 0 Å². The SMILES string of the molecule is CCNCc1ccc(-n2nc(CC)cc2CC)c(F)c1. The van der Waals surface area contributed by atoms with E-state index in [1.165, 1.54) is 0 Å². The number of nitrogens with zero attached hydrogens (tertiary/aromatic N) is 2. The first-order valence-corrected chi connectivity index (χ1v) is 7.26. The fourth-order valence-electron chi connectivity index (χ4n) is 2.21. The highest BCUT2D eigenvalue weighted by Crippen LogP contribution is 2.18. The van der Waals surface area contributed by atoms with Crippen molar-refractivity contribution in [3.63, 3.8) is 0 Å². The molecule has 1 aromatic heterocycles. The van der Waals surface area contributed by atoms with Gasteiger partial charge in [-0.05, 0) is 43.1 Å². The zero-order valence-electron chi connectivity index (χ0n) is 12.4. The number of benzene rings is 1. The molecule has 0 amide bonds. The lowest BCUT2D eigenvalue weighted by Crippen LogP contribution is -2.12. The Balaban J connectivity index is 2.35. The maximum absolute atomic E-state index is 14.3. The van der Waals surface area contributed by atoms with Gasteiger partial charge in [0.05, 0.1) is 5.69 Å². The van der Waals surface area contributed by atoms with Crippen LogP contribution in [0.5, 0.6) is 0 Å². The quantitative estimate of drug-likeness (QED) is 0.877. The van der Waals surface area contributed by atoms with Crippen LogP contribution >= 0.6 is 0 Å². The third-order valence-electron chi connectivity index (χ3n) is 3.38. The van der Waals surface area contributed by atoms with Crippen molar-refractivity contribution in [2.75, 3.05) is 6.54 Å². The van der Waals surface area contributed by atoms with Crippen molar-refractivity contribution in [2.24, 2.45) is 0 Å². The van der Waals surface area contributed by atoms with Gasteiger partial charge in [-0.2, -0.15) is 5.10 Å². The van der Waals surface area contributed by atoms with Crippen molar-refractivity contribution >= 4 is 0 Å². The number of hydrogen-bond acceptors (Lipinski definition) is 2. The lowest BCUT2D eigenvalue weighted by Gasteiger charge is -2.09. The van der Waals surface area contributed by atoms with Gasteiger partial charge in [-0.15, -0.1) is 0 Å². The first-order chi connectivity index (χ1) is 9.69. The summed E-state index contributed by atoms with van der Waals surface area (Å²) in [5, 5.41) is 7.68. The molecule has 0 aliphatic rings. The van der Waals surface area contributed by atoms with Gasteiger partial charge in [0.1, 0.15) is 11.5 Å². The van der Waals surface area contributed by atoms with E-state index in [1.807, 2.05) is 25.1 Å². The summed E-state index contributed by atoms with van der Waals surface area (Å²) >= 11 is 0. The van der Waals surface area contributed by atoms with E-state index in [2.05, 4.69) is 24.3 Å². The molecule has 1 heterocycles. The second kappa shape index (κ2) is 6.66. The summed E-state index contributed by atoms with van der Waals surface area (Å²) in [6.45, 7) is 7.72. The van der Waals surface area contributed by atoms with Gasteiger partial charge in [-0.25, -0.2) is 9.07 Å². The molecule has 3 nitrogen and oxygen atoms in total. The molecule has 108 valence electrons. The van der Waals surface area contributed by atoms with Crippen LogP contribution in [0, 0.1) is 5.82 Å². The summed E-state index contributed by atoms with van der Waals surface area (Å²) in [6.07, 6.45) is 1.70. The predicted molar refractivity (Wildman–Crippen MR) is 79.7 cm³/mol. The van der Waals surface area contributed by atoms with Crippen LogP contribution < -0.4 is 5.32 Å². The number of rotatable bonds is 6. The molecule has 0 unspecified atom stereocenters. The maximum Gasteiger partial charge on any atom is 0.149 e. The summed E-state index contributed by atoms with van der Waals surface area (Å²) in [5.41, 5.74) is 3.52. The molecule has 4 heteroatoms. The van der Waals surface area contributed by atoms with Crippen LogP contribution in [0.3, 0.4) is 0 Å². The number of aromatic nitrogens is 2. The minimum atomic E-state index is -0.221. The minimum Gasteiger partial charge on any atom is -0.313 e. The minimum absolute atomic E-state index is 0.221. The highest BCUT2D eigenvalue weighted by molar-refractivity contribution is 5.38. The Labute approximate surface area is 119 Å². The molecule has 2 rings (SSSR count). The Morgan fingerprint density at radius 1 is 1.15 bits per heavy atom. The monoisotopic (exact) mass is 275 g/mol. The van der Waals surface area contributed by atoms with Gasteiger partial charge < -0.3 is 5.32 Å². The number of nitrogens with one attached hydrogen (secondary N) is 1. The average Bonchev–Trinajstić information content (AvgIpc) is 2.88. The molecule has 0 saturated carbocycles. The molecule has 0 radical (unpaired) electrons. The Hall–Kier alpha value is -1.68. The molecule has 1 aromatic carbocycles. The first kappa shape index (κ1) is 14.7. The third kappa shape index (κ3) is 3.07. The van der Waals surface area contributed by atoms with Crippen LogP contribution in [0.2, 0.25) is 0 Å². The molecule has 0 atom stereocenters. The van der Waals surface area contributed by atoms with Crippen molar-refractivity contribution in [1.82, 2.24) is 15.1 Å². The van der Waals surface area contributed by atoms with Gasteiger partial charge in [0.25, 0.3) is 0 Å². The van der Waals surface area contributed by atoms with E-state index >= 15 is 0 Å². The Morgan fingerprint density at radius 2 is 1.95 bits per heavy atom. The Bertz CT molecular complexity index is 575. The lowest BCUT2D eigenvalue weighted by atomic mass is 10.2. The Kier molecular flexibility index (Phi) is 4.90. The van der Waals surface area contributed by atoms with Crippen LogP contribution in [-0.4, -0.2) is 16.3 Å². The smallest absolute Gasteiger partial charge is 0.149 e. The van der Waals surface area contributed by atoms with Crippen molar-refractivity contribution < 1.29 is 4.39 Å². The average molecular weight is 275 g/mol. The zero-order valence-corrected chi connectivity index (χ0v) is 12.4. The number of hydrogen-bond donors (Lipinski definition) is 1. The topological polar surface area (TPSA) is 29.9 Å². The van der Waals surface area contributed by atoms with E-state index in [-0.39, 0.29) is 5.82 Å². The van der Waals surface area contributed by atoms with Crippen LogP contribution in [-0.2, 0) is 19.4 Å². The second-order valence-electron chi connectivity index (χ2n) is 4.81. The highest BCUT2D eigenvalue weighted by atomic mass is 19.1. The van der Waals surface area contributed by atoms with Crippen LogP contribution in [0.1, 0.15) is 37.7 Å². The molecule has 0 spiro atoms. The summed E-state index contributed by atoms with van der Waals surface area (Å²) in [4.78, 5) is 0. The van der Waals surface area contributed by atoms with Crippen LogP contribution in [0.15, 0.2) is 24.3 Å². The van der Waals surface area contributed by atoms with Crippen molar-refractivity contribution in [3.05, 3.63) is 47.0 Å². The molecule has 0 saturated heterocycles. The fourth-order valence-corrected chi connectivity index (χ4v) is 2.21. The number of halogens is 1. The van der Waals surface area contributed by atoms with Gasteiger partial charge in [0.2, 0.25) is 0 Å². The first-order valence-electron chi connectivity index (χ1n) is 7.26. The van der Waals surface area contributed by atoms with Gasteiger partial charge in [-0.3, -0.25) is 0 Å². The van der Waals surface area contributed by atoms with Crippen molar-refractivity contribution in [3.8, 4) is 5.69 Å². The second-order valence-corrected chi connectivity index (χ2v) is 4.81. The van der Waals surface area contributed by atoms with E-state index in [0.29, 0.717) is 12.2 Å². The summed E-state index contributed by atoms with van der Waals surface area (Å²) in [7, 11) is 0. The molecule has 1 N–H and O–H groups in total. The molecule has 0 aliphatic heterocycles. The van der Waals surface area contributed by atoms with Crippen LogP contribution in [0.25, 0.3) is 5.69 Å². The lowest BCUT2D eigenvalue weighted by molar-refractivity contribution is 0.601. The molecule has 0 bridgehead atoms. The summed E-state index contributed by atoms with van der Waals surface area (Å²) < 4.78 is 16.0. The molecular formula is C16H22FN3. The van der Waals surface area contributed by atoms with Gasteiger partial charge in [-0.1, -0.05) is 26.8 Å². The number of aryl methyl sites for hydroxylation is 2. The van der Waals surface area contributed by atoms with E-state index in [0.717, 1.165) is 36.3 Å². The third-order valence-corrected chi connectivity index (χ3v) is 3.38. The van der Waals surface area contributed by atoms with E-state index in [9.17, 15) is 4.39 Å². The fraction of sp³-hybridized carbons (Fsp3) is 0.438. The van der Waals surface area contributed by atoms with E-state index in [1.54, 1.807) is 10.7 Å². The molecular weight excluding hydrogens is 253 g/mol. The Morgan fingerprint density at radius 3 is 2.55 bits per heavy atom. The van der Waals surface area contributed by atoms with Crippen LogP contribution in [0.4, 0.5) is 4.39 Å². The predicted octanol–water partition coefficient (Wildman–Crippen LogP) is 3.25. The molecule has 0 fully saturated rings.